The summed E-state index contributed by atoms with van der Waals surface area (Å²) in [6, 6.07) is 0.162. The fourth-order valence-corrected chi connectivity index (χ4v) is 3.88. The predicted molar refractivity (Wildman–Crippen MR) is 90.4 cm³/mol. The van der Waals surface area contributed by atoms with E-state index in [2.05, 4.69) is 10.6 Å². The van der Waals surface area contributed by atoms with E-state index >= 15 is 0 Å². The molecule has 3 aliphatic rings. The van der Waals surface area contributed by atoms with Gasteiger partial charge >= 0.3 is 6.03 Å². The third-order valence-electron chi connectivity index (χ3n) is 6.03. The summed E-state index contributed by atoms with van der Waals surface area (Å²) < 4.78 is 27.0. The zero-order valence-corrected chi connectivity index (χ0v) is 15.1. The SMILES string of the molecule is CC(F)(F)CC(NC(=O)N1CCC2(CCC2)CC1)C(=O)NC1(C#N)CC1. The Morgan fingerprint density at radius 3 is 2.23 bits per heavy atom. The average molecular weight is 368 g/mol. The number of halogens is 2. The van der Waals surface area contributed by atoms with Crippen LogP contribution in [0.2, 0.25) is 0 Å². The third-order valence-corrected chi connectivity index (χ3v) is 6.03. The number of carbonyl (C=O) groups excluding carboxylic acids is 2. The molecule has 2 aliphatic carbocycles. The number of carbonyl (C=O) groups is 2. The van der Waals surface area contributed by atoms with Crippen molar-refractivity contribution in [1.29, 1.82) is 5.26 Å². The number of nitrogens with zero attached hydrogens (tertiary/aromatic N) is 2. The Labute approximate surface area is 152 Å². The van der Waals surface area contributed by atoms with E-state index in [1.165, 1.54) is 19.3 Å². The maximum absolute atomic E-state index is 13.5. The molecule has 3 rings (SSSR count). The van der Waals surface area contributed by atoms with E-state index in [0.717, 1.165) is 19.8 Å². The second kappa shape index (κ2) is 6.67. The maximum atomic E-state index is 13.5. The van der Waals surface area contributed by atoms with Crippen LogP contribution in [0, 0.1) is 16.7 Å². The first-order valence-corrected chi connectivity index (χ1v) is 9.33. The van der Waals surface area contributed by atoms with Crippen LogP contribution >= 0.6 is 0 Å². The minimum atomic E-state index is -3.10. The second-order valence-corrected chi connectivity index (χ2v) is 8.30. The van der Waals surface area contributed by atoms with Gasteiger partial charge in [-0.3, -0.25) is 4.79 Å². The first kappa shape index (κ1) is 18.9. The van der Waals surface area contributed by atoms with Gasteiger partial charge in [0, 0.05) is 19.5 Å². The van der Waals surface area contributed by atoms with Gasteiger partial charge in [-0.05, 0) is 50.9 Å². The van der Waals surface area contributed by atoms with Crippen LogP contribution in [-0.4, -0.2) is 47.4 Å². The van der Waals surface area contributed by atoms with Crippen LogP contribution in [-0.2, 0) is 4.79 Å². The van der Waals surface area contributed by atoms with Crippen molar-refractivity contribution >= 4 is 11.9 Å². The molecule has 1 spiro atoms. The number of amides is 3. The molecule has 0 radical (unpaired) electrons. The molecule has 6 nitrogen and oxygen atoms in total. The Hall–Kier alpha value is -1.91. The standard InChI is InChI=1S/C18H26F2N4O2/c1-16(19,20)11-13(14(25)23-18(12-21)5-6-18)22-15(26)24-9-7-17(8-10-24)3-2-4-17/h13H,2-11H2,1H3,(H,22,26)(H,23,25). The number of piperidine rings is 1. The summed E-state index contributed by atoms with van der Waals surface area (Å²) >= 11 is 0. The number of urea groups is 1. The molecule has 3 amide bonds. The van der Waals surface area contributed by atoms with Crippen LogP contribution < -0.4 is 10.6 Å². The summed E-state index contributed by atoms with van der Waals surface area (Å²) in [7, 11) is 0. The summed E-state index contributed by atoms with van der Waals surface area (Å²) in [5, 5.41) is 14.1. The number of rotatable bonds is 5. The molecule has 1 saturated heterocycles. The lowest BCUT2D eigenvalue weighted by Crippen LogP contribution is -2.56. The van der Waals surface area contributed by atoms with Crippen molar-refractivity contribution in [1.82, 2.24) is 15.5 Å². The van der Waals surface area contributed by atoms with Crippen LogP contribution in [0.15, 0.2) is 0 Å². The molecule has 0 aromatic rings. The zero-order valence-electron chi connectivity index (χ0n) is 15.1. The van der Waals surface area contributed by atoms with Crippen molar-refractivity contribution in [3.8, 4) is 6.07 Å². The number of nitrogens with one attached hydrogen (secondary N) is 2. The Bertz CT molecular complexity index is 608. The van der Waals surface area contributed by atoms with Gasteiger partial charge < -0.3 is 15.5 Å². The minimum absolute atomic E-state index is 0.370. The van der Waals surface area contributed by atoms with Crippen LogP contribution in [0.5, 0.6) is 0 Å². The summed E-state index contributed by atoms with van der Waals surface area (Å²) in [5.41, 5.74) is -0.583. The van der Waals surface area contributed by atoms with Crippen molar-refractivity contribution < 1.29 is 18.4 Å². The van der Waals surface area contributed by atoms with Gasteiger partial charge in [0.2, 0.25) is 11.8 Å². The van der Waals surface area contributed by atoms with Gasteiger partial charge in [0.05, 0.1) is 6.07 Å². The van der Waals surface area contributed by atoms with Crippen molar-refractivity contribution in [2.45, 2.75) is 75.8 Å². The molecule has 26 heavy (non-hydrogen) atoms. The Balaban J connectivity index is 1.58. The predicted octanol–water partition coefficient (Wildman–Crippen LogP) is 2.55. The normalized spacial score (nSPS) is 24.2. The molecule has 0 aromatic heterocycles. The highest BCUT2D eigenvalue weighted by Gasteiger charge is 2.47. The fraction of sp³-hybridized carbons (Fsp3) is 0.833. The molecule has 3 fully saturated rings. The first-order chi connectivity index (χ1) is 12.2. The lowest BCUT2D eigenvalue weighted by Gasteiger charge is -2.48. The molecule has 0 bridgehead atoms. The Morgan fingerprint density at radius 1 is 1.19 bits per heavy atom. The molecule has 1 atom stereocenters. The topological polar surface area (TPSA) is 85.2 Å². The maximum Gasteiger partial charge on any atom is 0.318 e. The number of alkyl halides is 2. The molecule has 1 heterocycles. The zero-order chi connectivity index (χ0) is 19.0. The quantitative estimate of drug-likeness (QED) is 0.782. The van der Waals surface area contributed by atoms with E-state index in [1.807, 2.05) is 6.07 Å². The van der Waals surface area contributed by atoms with E-state index in [1.54, 1.807) is 4.90 Å². The van der Waals surface area contributed by atoms with Gasteiger partial charge in [-0.15, -0.1) is 0 Å². The number of likely N-dealkylation sites (tertiary alicyclic amines) is 1. The lowest BCUT2D eigenvalue weighted by atomic mass is 9.63. The van der Waals surface area contributed by atoms with E-state index < -0.39 is 35.9 Å². The van der Waals surface area contributed by atoms with Crippen molar-refractivity contribution in [3.05, 3.63) is 0 Å². The molecule has 0 aromatic carbocycles. The second-order valence-electron chi connectivity index (χ2n) is 8.30. The Kier molecular flexibility index (Phi) is 4.84. The molecule has 1 unspecified atom stereocenters. The highest BCUT2D eigenvalue weighted by atomic mass is 19.3. The highest BCUT2D eigenvalue weighted by molar-refractivity contribution is 5.88. The monoisotopic (exact) mass is 368 g/mol. The lowest BCUT2D eigenvalue weighted by molar-refractivity contribution is -0.126. The number of nitriles is 1. The highest BCUT2D eigenvalue weighted by Crippen LogP contribution is 2.48. The van der Waals surface area contributed by atoms with Crippen molar-refractivity contribution in [2.75, 3.05) is 13.1 Å². The van der Waals surface area contributed by atoms with Crippen LogP contribution in [0.25, 0.3) is 0 Å². The van der Waals surface area contributed by atoms with Gasteiger partial charge in [-0.2, -0.15) is 5.26 Å². The summed E-state index contributed by atoms with van der Waals surface area (Å²) in [6.45, 7) is 1.90. The third kappa shape index (κ3) is 4.25. The smallest absolute Gasteiger partial charge is 0.318 e. The number of hydrogen-bond acceptors (Lipinski definition) is 3. The van der Waals surface area contributed by atoms with E-state index in [4.69, 9.17) is 5.26 Å². The van der Waals surface area contributed by atoms with Crippen LogP contribution in [0.1, 0.15) is 58.3 Å². The molecular formula is C18H26F2N4O2. The van der Waals surface area contributed by atoms with E-state index in [9.17, 15) is 18.4 Å². The summed E-state index contributed by atoms with van der Waals surface area (Å²) in [6.07, 6.45) is 5.72. The van der Waals surface area contributed by atoms with E-state index in [-0.39, 0.29) is 0 Å². The molecule has 144 valence electrons. The van der Waals surface area contributed by atoms with Crippen LogP contribution in [0.3, 0.4) is 0 Å². The summed E-state index contributed by atoms with van der Waals surface area (Å²) in [5.74, 6) is -3.82. The Morgan fingerprint density at radius 2 is 1.81 bits per heavy atom. The van der Waals surface area contributed by atoms with E-state index in [0.29, 0.717) is 31.3 Å². The van der Waals surface area contributed by atoms with Gasteiger partial charge in [-0.25, -0.2) is 13.6 Å². The first-order valence-electron chi connectivity index (χ1n) is 9.33. The minimum Gasteiger partial charge on any atom is -0.336 e. The van der Waals surface area contributed by atoms with Crippen molar-refractivity contribution in [2.24, 2.45) is 5.41 Å². The van der Waals surface area contributed by atoms with Gasteiger partial charge in [-0.1, -0.05) is 6.42 Å². The van der Waals surface area contributed by atoms with Gasteiger partial charge in [0.15, 0.2) is 0 Å². The molecular weight excluding hydrogens is 342 g/mol. The number of hydrogen-bond donors (Lipinski definition) is 2. The van der Waals surface area contributed by atoms with Gasteiger partial charge in [0.1, 0.15) is 11.6 Å². The van der Waals surface area contributed by atoms with Gasteiger partial charge in [0.25, 0.3) is 0 Å². The summed E-state index contributed by atoms with van der Waals surface area (Å²) in [4.78, 5) is 26.5. The molecule has 1 aliphatic heterocycles. The molecule has 8 heteroatoms. The molecule has 2 N–H and O–H groups in total. The average Bonchev–Trinajstić information content (AvgIpc) is 3.31. The molecule has 2 saturated carbocycles. The largest absolute Gasteiger partial charge is 0.336 e. The van der Waals surface area contributed by atoms with Crippen molar-refractivity contribution in [3.63, 3.8) is 0 Å². The van der Waals surface area contributed by atoms with Crippen LogP contribution in [0.4, 0.5) is 13.6 Å². The fourth-order valence-electron chi connectivity index (χ4n) is 3.88.